The molecule has 1 aromatic carbocycles. The molecule has 0 spiro atoms. The molecule has 5 rings (SSSR count). The summed E-state index contributed by atoms with van der Waals surface area (Å²) in [4.78, 5) is 8.95. The van der Waals surface area contributed by atoms with Crippen LogP contribution in [-0.4, -0.2) is 34.9 Å². The van der Waals surface area contributed by atoms with Crippen molar-refractivity contribution in [2.24, 2.45) is 0 Å². The number of hydrogen-bond acceptors (Lipinski definition) is 8. The first-order chi connectivity index (χ1) is 12.4. The van der Waals surface area contributed by atoms with Gasteiger partial charge in [-0.25, -0.2) is 4.98 Å². The van der Waals surface area contributed by atoms with Gasteiger partial charge in [0.1, 0.15) is 11.4 Å². The van der Waals surface area contributed by atoms with Crippen molar-refractivity contribution >= 4 is 16.3 Å². The summed E-state index contributed by atoms with van der Waals surface area (Å²) in [5.74, 6) is 1.23. The van der Waals surface area contributed by atoms with Gasteiger partial charge >= 0.3 is 0 Å². The summed E-state index contributed by atoms with van der Waals surface area (Å²) in [5.41, 5.74) is 2.22. The normalized spacial score (nSPS) is 11.2. The standard InChI is InChI=1S/C16H9N7OS/c1-2-4-10(5-3-1)13-8-11(22-24-13)15-21-23-14(19-20-16(23)25-15)12-9-17-6-7-18-12/h1-9H. The van der Waals surface area contributed by atoms with Crippen LogP contribution in [0, 0.1) is 0 Å². The molecule has 8 nitrogen and oxygen atoms in total. The van der Waals surface area contributed by atoms with Gasteiger partial charge in [-0.05, 0) is 0 Å². The summed E-state index contributed by atoms with van der Waals surface area (Å²) < 4.78 is 7.08. The molecule has 0 amide bonds. The van der Waals surface area contributed by atoms with Crippen molar-refractivity contribution in [1.29, 1.82) is 0 Å². The predicted octanol–water partition coefficient (Wildman–Crippen LogP) is 2.96. The molecule has 0 bridgehead atoms. The van der Waals surface area contributed by atoms with E-state index in [4.69, 9.17) is 4.52 Å². The molecule has 0 atom stereocenters. The van der Waals surface area contributed by atoms with Gasteiger partial charge in [-0.1, -0.05) is 46.8 Å². The lowest BCUT2D eigenvalue weighted by atomic mass is 10.2. The zero-order chi connectivity index (χ0) is 16.6. The van der Waals surface area contributed by atoms with Gasteiger partial charge in [-0.2, -0.15) is 9.61 Å². The second-order valence-corrected chi connectivity index (χ2v) is 6.11. The SMILES string of the molecule is c1ccc(-c2cc(-c3nn4c(-c5cnccn5)nnc4s3)no2)cc1. The summed E-state index contributed by atoms with van der Waals surface area (Å²) >= 11 is 1.38. The molecule has 0 radical (unpaired) electrons. The molecule has 0 saturated heterocycles. The minimum absolute atomic E-state index is 0.539. The Balaban J connectivity index is 1.56. The quantitative estimate of drug-likeness (QED) is 0.495. The van der Waals surface area contributed by atoms with Crippen molar-refractivity contribution in [3.05, 3.63) is 55.0 Å². The Bertz CT molecular complexity index is 1150. The largest absolute Gasteiger partial charge is 0.356 e. The van der Waals surface area contributed by atoms with Crippen LogP contribution in [0.3, 0.4) is 0 Å². The molecule has 0 aliphatic heterocycles. The van der Waals surface area contributed by atoms with Crippen LogP contribution in [0.15, 0.2) is 59.5 Å². The highest BCUT2D eigenvalue weighted by Crippen LogP contribution is 2.29. The molecule has 4 aromatic heterocycles. The Morgan fingerprint density at radius 3 is 2.76 bits per heavy atom. The van der Waals surface area contributed by atoms with E-state index in [1.807, 2.05) is 36.4 Å². The average molecular weight is 347 g/mol. The fourth-order valence-electron chi connectivity index (χ4n) is 2.41. The van der Waals surface area contributed by atoms with Crippen LogP contribution >= 0.6 is 11.3 Å². The molecule has 120 valence electrons. The third-order valence-corrected chi connectivity index (χ3v) is 4.49. The number of aromatic nitrogens is 7. The van der Waals surface area contributed by atoms with Crippen molar-refractivity contribution in [2.75, 3.05) is 0 Å². The van der Waals surface area contributed by atoms with Crippen LogP contribution in [0.25, 0.3) is 38.5 Å². The predicted molar refractivity (Wildman–Crippen MR) is 90.6 cm³/mol. The maximum Gasteiger partial charge on any atom is 0.235 e. The minimum Gasteiger partial charge on any atom is -0.356 e. The second-order valence-electron chi connectivity index (χ2n) is 5.16. The molecule has 0 N–H and O–H groups in total. The van der Waals surface area contributed by atoms with Crippen LogP contribution in [0.5, 0.6) is 0 Å². The van der Waals surface area contributed by atoms with E-state index in [0.717, 1.165) is 5.56 Å². The van der Waals surface area contributed by atoms with Gasteiger partial charge in [-0.3, -0.25) is 4.98 Å². The van der Waals surface area contributed by atoms with E-state index in [2.05, 4.69) is 30.4 Å². The van der Waals surface area contributed by atoms with E-state index in [0.29, 0.717) is 32.9 Å². The van der Waals surface area contributed by atoms with E-state index in [1.54, 1.807) is 23.1 Å². The molecular formula is C16H9N7OS. The maximum absolute atomic E-state index is 5.44. The molecule has 0 saturated carbocycles. The summed E-state index contributed by atoms with van der Waals surface area (Å²) in [6, 6.07) is 11.7. The fourth-order valence-corrected chi connectivity index (χ4v) is 3.20. The average Bonchev–Trinajstić information content (AvgIpc) is 3.38. The number of fused-ring (bicyclic) bond motifs is 1. The molecule has 25 heavy (non-hydrogen) atoms. The van der Waals surface area contributed by atoms with E-state index < -0.39 is 0 Å². The molecule has 0 aliphatic rings. The van der Waals surface area contributed by atoms with E-state index in [9.17, 15) is 0 Å². The van der Waals surface area contributed by atoms with Crippen molar-refractivity contribution in [2.45, 2.75) is 0 Å². The van der Waals surface area contributed by atoms with Gasteiger partial charge in [0.05, 0.1) is 6.20 Å². The Hall–Kier alpha value is -3.46. The van der Waals surface area contributed by atoms with E-state index in [1.165, 1.54) is 11.3 Å². The fraction of sp³-hybridized carbons (Fsp3) is 0. The molecule has 0 unspecified atom stereocenters. The first-order valence-electron chi connectivity index (χ1n) is 7.39. The lowest BCUT2D eigenvalue weighted by Gasteiger charge is -1.93. The Kier molecular flexibility index (Phi) is 3.10. The van der Waals surface area contributed by atoms with Gasteiger partial charge in [0.25, 0.3) is 0 Å². The Labute approximate surface area is 144 Å². The summed E-state index contributed by atoms with van der Waals surface area (Å²) in [6.45, 7) is 0. The Morgan fingerprint density at radius 2 is 1.92 bits per heavy atom. The van der Waals surface area contributed by atoms with Gasteiger partial charge < -0.3 is 4.52 Å². The van der Waals surface area contributed by atoms with Crippen LogP contribution in [0.2, 0.25) is 0 Å². The smallest absolute Gasteiger partial charge is 0.235 e. The van der Waals surface area contributed by atoms with Crippen LogP contribution in [0.4, 0.5) is 0 Å². The number of hydrogen-bond donors (Lipinski definition) is 0. The first kappa shape index (κ1) is 13.9. The van der Waals surface area contributed by atoms with Crippen molar-refractivity contribution in [1.82, 2.24) is 34.9 Å². The lowest BCUT2D eigenvalue weighted by molar-refractivity contribution is 0.435. The first-order valence-corrected chi connectivity index (χ1v) is 8.21. The van der Waals surface area contributed by atoms with Crippen molar-refractivity contribution in [3.63, 3.8) is 0 Å². The highest BCUT2D eigenvalue weighted by atomic mass is 32.1. The number of rotatable bonds is 3. The van der Waals surface area contributed by atoms with Crippen LogP contribution in [0.1, 0.15) is 0 Å². The summed E-state index contributed by atoms with van der Waals surface area (Å²) in [5, 5.41) is 17.6. The zero-order valence-corrected chi connectivity index (χ0v) is 13.5. The van der Waals surface area contributed by atoms with Gasteiger partial charge in [0.15, 0.2) is 10.8 Å². The zero-order valence-electron chi connectivity index (χ0n) is 12.6. The highest BCUT2D eigenvalue weighted by Gasteiger charge is 2.18. The molecule has 5 aromatic rings. The van der Waals surface area contributed by atoms with Crippen LogP contribution < -0.4 is 0 Å². The molecule has 0 fully saturated rings. The van der Waals surface area contributed by atoms with Gasteiger partial charge in [0.2, 0.25) is 10.8 Å². The molecule has 0 aliphatic carbocycles. The summed E-state index contributed by atoms with van der Waals surface area (Å²) in [7, 11) is 0. The number of nitrogens with zero attached hydrogens (tertiary/aromatic N) is 7. The third kappa shape index (κ3) is 2.37. The Morgan fingerprint density at radius 1 is 1.00 bits per heavy atom. The topological polar surface area (TPSA) is 94.9 Å². The van der Waals surface area contributed by atoms with E-state index in [-0.39, 0.29) is 0 Å². The van der Waals surface area contributed by atoms with Crippen molar-refractivity contribution in [3.8, 4) is 33.5 Å². The van der Waals surface area contributed by atoms with Gasteiger partial charge in [-0.15, -0.1) is 10.2 Å². The van der Waals surface area contributed by atoms with Crippen LogP contribution in [-0.2, 0) is 0 Å². The monoisotopic (exact) mass is 347 g/mol. The molecule has 9 heteroatoms. The number of benzene rings is 1. The summed E-state index contributed by atoms with van der Waals surface area (Å²) in [6.07, 6.45) is 4.83. The maximum atomic E-state index is 5.44. The molecular weight excluding hydrogens is 338 g/mol. The second kappa shape index (κ2) is 5.56. The third-order valence-electron chi connectivity index (χ3n) is 3.57. The lowest BCUT2D eigenvalue weighted by Crippen LogP contribution is -1.93. The molecule has 4 heterocycles. The van der Waals surface area contributed by atoms with E-state index >= 15 is 0 Å². The highest BCUT2D eigenvalue weighted by molar-refractivity contribution is 7.19. The van der Waals surface area contributed by atoms with Crippen molar-refractivity contribution < 1.29 is 4.52 Å². The van der Waals surface area contributed by atoms with Gasteiger partial charge in [0, 0.05) is 24.0 Å². The minimum atomic E-state index is 0.539.